The molecule has 3 aliphatic rings. The van der Waals surface area contributed by atoms with Crippen LogP contribution in [0, 0.1) is 23.2 Å². The third-order valence-electron chi connectivity index (χ3n) is 7.43. The molecule has 0 spiro atoms. The van der Waals surface area contributed by atoms with Crippen LogP contribution < -0.4 is 21.7 Å². The molecule has 2 aliphatic carbocycles. The van der Waals surface area contributed by atoms with Gasteiger partial charge in [-0.2, -0.15) is 0 Å². The van der Waals surface area contributed by atoms with Crippen LogP contribution in [0.3, 0.4) is 0 Å². The van der Waals surface area contributed by atoms with E-state index in [9.17, 15) is 32.8 Å². The summed E-state index contributed by atoms with van der Waals surface area (Å²) in [5.41, 5.74) is 3.77. The maximum Gasteiger partial charge on any atom is 0.315 e. The third kappa shape index (κ3) is 6.20. The average molecular weight is 528 g/mol. The lowest BCUT2D eigenvalue weighted by atomic mass is 9.80. The number of alkyl halides is 2. The summed E-state index contributed by atoms with van der Waals surface area (Å²) in [7, 11) is 0. The Morgan fingerprint density at radius 3 is 2.08 bits per heavy atom. The molecule has 2 saturated carbocycles. The molecule has 0 aromatic carbocycles. The minimum Gasteiger partial charge on any atom is -0.363 e. The molecule has 1 saturated heterocycles. The number of amides is 5. The van der Waals surface area contributed by atoms with Crippen LogP contribution in [0.5, 0.6) is 0 Å². The van der Waals surface area contributed by atoms with Crippen molar-refractivity contribution < 1.29 is 32.8 Å². The van der Waals surface area contributed by atoms with E-state index in [0.717, 1.165) is 24.2 Å². The van der Waals surface area contributed by atoms with Crippen molar-refractivity contribution in [1.29, 1.82) is 0 Å². The summed E-state index contributed by atoms with van der Waals surface area (Å²) in [6.07, 6.45) is 2.79. The highest BCUT2D eigenvalue weighted by atomic mass is 19.3. The number of hydrogen-bond acceptors (Lipinski definition) is 5. The summed E-state index contributed by atoms with van der Waals surface area (Å²) in [6.45, 7) is 10.1. The van der Waals surface area contributed by atoms with Crippen molar-refractivity contribution in [2.45, 2.75) is 96.8 Å². The van der Waals surface area contributed by atoms with Crippen molar-refractivity contribution in [1.82, 2.24) is 20.9 Å². The monoisotopic (exact) mass is 527 g/mol. The normalized spacial score (nSPS) is 26.3. The quantitative estimate of drug-likeness (QED) is 0.351. The molecule has 10 nitrogen and oxygen atoms in total. The van der Waals surface area contributed by atoms with Crippen LogP contribution in [0.1, 0.15) is 67.2 Å². The first-order chi connectivity index (χ1) is 16.8. The fraction of sp³-hybridized carbons (Fsp3) is 0.800. The molecule has 3 fully saturated rings. The van der Waals surface area contributed by atoms with Gasteiger partial charge in [0, 0.05) is 12.1 Å². The fourth-order valence-corrected chi connectivity index (χ4v) is 5.18. The molecular weight excluding hydrogens is 488 g/mol. The van der Waals surface area contributed by atoms with Crippen molar-refractivity contribution in [3.8, 4) is 0 Å². The number of carbonyl (C=O) groups is 5. The first kappa shape index (κ1) is 28.8. The Morgan fingerprint density at radius 1 is 1.03 bits per heavy atom. The standard InChI is InChI=1S/C25H39F2N5O5/c1-23(2,3)18(30-22(37)31-24(4,5)6)21(36)32-11-13-15(25(13,26)27)16(32)20(35)29-14(17(33)19(28)34)10-12-8-7-9-12/h12-16,18H,7-11H2,1-6H3,(H2,28,34)(H,29,35)(H2,30,31,37)/t13-,14?,15-,16?,18?/m0/s1. The van der Waals surface area contributed by atoms with E-state index < -0.39 is 76.4 Å². The van der Waals surface area contributed by atoms with Crippen LogP contribution in [0.4, 0.5) is 13.6 Å². The van der Waals surface area contributed by atoms with Gasteiger partial charge in [0.1, 0.15) is 12.1 Å². The molecule has 0 bridgehead atoms. The Kier molecular flexibility index (Phi) is 7.64. The van der Waals surface area contributed by atoms with Gasteiger partial charge in [0.15, 0.2) is 0 Å². The second-order valence-corrected chi connectivity index (χ2v) is 12.7. The van der Waals surface area contributed by atoms with Gasteiger partial charge >= 0.3 is 6.03 Å². The summed E-state index contributed by atoms with van der Waals surface area (Å²) in [5, 5.41) is 7.80. The summed E-state index contributed by atoms with van der Waals surface area (Å²) in [6, 6.07) is -4.51. The number of primary amides is 1. The van der Waals surface area contributed by atoms with Crippen LogP contribution in [-0.2, 0) is 19.2 Å². The molecule has 12 heteroatoms. The zero-order valence-electron chi connectivity index (χ0n) is 22.3. The number of nitrogens with one attached hydrogen (secondary N) is 3. The minimum atomic E-state index is -3.13. The smallest absolute Gasteiger partial charge is 0.315 e. The maximum atomic E-state index is 14.5. The van der Waals surface area contributed by atoms with Gasteiger partial charge in [-0.1, -0.05) is 40.0 Å². The molecule has 3 unspecified atom stereocenters. The zero-order chi connectivity index (χ0) is 28.1. The van der Waals surface area contributed by atoms with Gasteiger partial charge in [-0.15, -0.1) is 0 Å². The van der Waals surface area contributed by atoms with E-state index >= 15 is 0 Å². The third-order valence-corrected chi connectivity index (χ3v) is 7.43. The maximum absolute atomic E-state index is 14.5. The number of fused-ring (bicyclic) bond motifs is 1. The highest BCUT2D eigenvalue weighted by Gasteiger charge is 2.78. The molecule has 5 amide bonds. The first-order valence-electron chi connectivity index (χ1n) is 12.8. The number of rotatable bonds is 8. The highest BCUT2D eigenvalue weighted by Crippen LogP contribution is 2.62. The fourth-order valence-electron chi connectivity index (χ4n) is 5.18. The lowest BCUT2D eigenvalue weighted by molar-refractivity contribution is -0.146. The van der Waals surface area contributed by atoms with E-state index in [1.807, 2.05) is 0 Å². The van der Waals surface area contributed by atoms with Gasteiger partial charge in [0.05, 0.1) is 17.9 Å². The molecule has 5 atom stereocenters. The Bertz CT molecular complexity index is 969. The van der Waals surface area contributed by atoms with Crippen molar-refractivity contribution >= 4 is 29.5 Å². The van der Waals surface area contributed by atoms with E-state index in [0.29, 0.717) is 0 Å². The van der Waals surface area contributed by atoms with E-state index in [4.69, 9.17) is 5.73 Å². The minimum absolute atomic E-state index is 0.112. The van der Waals surface area contributed by atoms with Crippen LogP contribution in [0.15, 0.2) is 0 Å². The number of carbonyl (C=O) groups excluding carboxylic acids is 5. The van der Waals surface area contributed by atoms with Crippen LogP contribution in [0.25, 0.3) is 0 Å². The zero-order valence-corrected chi connectivity index (χ0v) is 22.3. The number of likely N-dealkylation sites (tertiary alicyclic amines) is 1. The molecule has 3 rings (SSSR count). The van der Waals surface area contributed by atoms with Crippen LogP contribution >= 0.6 is 0 Å². The summed E-state index contributed by atoms with van der Waals surface area (Å²) < 4.78 is 29.0. The summed E-state index contributed by atoms with van der Waals surface area (Å²) in [5.74, 6) is -9.45. The predicted molar refractivity (Wildman–Crippen MR) is 130 cm³/mol. The molecule has 37 heavy (non-hydrogen) atoms. The Balaban J connectivity index is 1.83. The Morgan fingerprint density at radius 2 is 1.62 bits per heavy atom. The summed E-state index contributed by atoms with van der Waals surface area (Å²) >= 11 is 0. The lowest BCUT2D eigenvalue weighted by Gasteiger charge is -2.37. The number of halogens is 2. The Labute approximate surface area is 215 Å². The highest BCUT2D eigenvalue weighted by molar-refractivity contribution is 6.37. The number of piperidine rings is 1. The van der Waals surface area contributed by atoms with E-state index in [1.165, 1.54) is 0 Å². The second kappa shape index (κ2) is 9.83. The summed E-state index contributed by atoms with van der Waals surface area (Å²) in [4.78, 5) is 64.6. The van der Waals surface area contributed by atoms with E-state index in [2.05, 4.69) is 16.0 Å². The number of ketones is 1. The van der Waals surface area contributed by atoms with Gasteiger partial charge < -0.3 is 26.6 Å². The lowest BCUT2D eigenvalue weighted by Crippen LogP contribution is -2.62. The molecule has 0 aromatic heterocycles. The molecule has 0 radical (unpaired) electrons. The van der Waals surface area contributed by atoms with Gasteiger partial charge in [0.2, 0.25) is 17.6 Å². The number of nitrogens with zero attached hydrogens (tertiary/aromatic N) is 1. The average Bonchev–Trinajstić information content (AvgIpc) is 3.06. The van der Waals surface area contributed by atoms with Crippen LogP contribution in [-0.4, -0.2) is 70.6 Å². The van der Waals surface area contributed by atoms with Crippen molar-refractivity contribution in [2.75, 3.05) is 6.54 Å². The van der Waals surface area contributed by atoms with Gasteiger partial charge in [-0.3, -0.25) is 19.2 Å². The molecule has 1 heterocycles. The molecule has 1 aliphatic heterocycles. The van der Waals surface area contributed by atoms with Crippen molar-refractivity contribution in [3.63, 3.8) is 0 Å². The van der Waals surface area contributed by atoms with Crippen LogP contribution in [0.2, 0.25) is 0 Å². The van der Waals surface area contributed by atoms with E-state index in [1.54, 1.807) is 41.5 Å². The topological polar surface area (TPSA) is 151 Å². The molecule has 208 valence electrons. The van der Waals surface area contributed by atoms with Gasteiger partial charge in [-0.25, -0.2) is 13.6 Å². The second-order valence-electron chi connectivity index (χ2n) is 12.7. The largest absolute Gasteiger partial charge is 0.363 e. The first-order valence-corrected chi connectivity index (χ1v) is 12.8. The van der Waals surface area contributed by atoms with Crippen molar-refractivity contribution in [3.05, 3.63) is 0 Å². The van der Waals surface area contributed by atoms with E-state index in [-0.39, 0.29) is 18.9 Å². The molecular formula is C25H39F2N5O5. The number of urea groups is 1. The van der Waals surface area contributed by atoms with Gasteiger partial charge in [0.25, 0.3) is 11.8 Å². The predicted octanol–water partition coefficient (Wildman–Crippen LogP) is 1.32. The SMILES string of the molecule is CC(C)(C)NC(=O)NC(C(=O)N1C[C@H]2[C@@H](C1C(=O)NC(CC1CCC1)C(=O)C(N)=O)C2(F)F)C(C)(C)C. The number of nitrogens with two attached hydrogens (primary N) is 1. The molecule has 5 N–H and O–H groups in total. The number of Topliss-reactive ketones (excluding diaryl/α,β-unsaturated/α-hetero) is 1. The Hall–Kier alpha value is -2.79. The van der Waals surface area contributed by atoms with Crippen molar-refractivity contribution in [2.24, 2.45) is 28.9 Å². The molecule has 0 aromatic rings. The van der Waals surface area contributed by atoms with Gasteiger partial charge in [-0.05, 0) is 38.5 Å². The number of hydrogen-bond donors (Lipinski definition) is 4.